The van der Waals surface area contributed by atoms with E-state index in [4.69, 9.17) is 4.74 Å². The van der Waals surface area contributed by atoms with E-state index in [-0.39, 0.29) is 11.6 Å². The molecule has 1 heterocycles. The van der Waals surface area contributed by atoms with Crippen LogP contribution in [0.2, 0.25) is 0 Å². The third-order valence-electron chi connectivity index (χ3n) is 4.69. The molecule has 0 saturated heterocycles. The average molecular weight is 338 g/mol. The van der Waals surface area contributed by atoms with Crippen LogP contribution in [0.5, 0.6) is 5.88 Å². The first-order valence-electron chi connectivity index (χ1n) is 8.58. The largest absolute Gasteiger partial charge is 0.618 e. The van der Waals surface area contributed by atoms with Crippen LogP contribution in [-0.4, -0.2) is 11.1 Å². The zero-order chi connectivity index (χ0) is 17.4. The van der Waals surface area contributed by atoms with Crippen molar-refractivity contribution in [2.45, 2.75) is 38.7 Å². The Morgan fingerprint density at radius 3 is 2.56 bits per heavy atom. The minimum atomic E-state index is -0.460. The van der Waals surface area contributed by atoms with E-state index in [1.165, 1.54) is 18.2 Å². The molecule has 0 spiro atoms. The van der Waals surface area contributed by atoms with Gasteiger partial charge in [-0.05, 0) is 56.9 Å². The molecule has 5 heteroatoms. The van der Waals surface area contributed by atoms with E-state index in [1.54, 1.807) is 0 Å². The summed E-state index contributed by atoms with van der Waals surface area (Å²) in [6, 6.07) is 11.6. The number of nitrogens with zero attached hydrogens (tertiary/aromatic N) is 2. The quantitative estimate of drug-likeness (QED) is 0.528. The molecule has 1 aliphatic rings. The van der Waals surface area contributed by atoms with Gasteiger partial charge in [-0.1, -0.05) is 17.7 Å². The fraction of sp³-hybridized carbons (Fsp3) is 0.300. The smallest absolute Gasteiger partial charge is 0.291 e. The van der Waals surface area contributed by atoms with Crippen LogP contribution in [0, 0.1) is 17.9 Å². The molecule has 0 unspecified atom stereocenters. The second-order valence-electron chi connectivity index (χ2n) is 6.58. The van der Waals surface area contributed by atoms with E-state index < -0.39 is 5.82 Å². The number of aromatic nitrogens is 2. The molecule has 1 aliphatic carbocycles. The first-order valence-corrected chi connectivity index (χ1v) is 8.58. The van der Waals surface area contributed by atoms with Crippen LogP contribution in [0.15, 0.2) is 42.5 Å². The molecule has 0 atom stereocenters. The van der Waals surface area contributed by atoms with Gasteiger partial charge in [0.2, 0.25) is 5.52 Å². The summed E-state index contributed by atoms with van der Waals surface area (Å²) in [4.78, 5) is 4.53. The van der Waals surface area contributed by atoms with E-state index in [2.05, 4.69) is 4.98 Å². The Balaban J connectivity index is 1.91. The van der Waals surface area contributed by atoms with Gasteiger partial charge in [0.05, 0.1) is 5.56 Å². The number of rotatable bonds is 3. The van der Waals surface area contributed by atoms with Crippen molar-refractivity contribution in [1.82, 2.24) is 4.98 Å². The topological polar surface area (TPSA) is 49.1 Å². The van der Waals surface area contributed by atoms with Gasteiger partial charge in [-0.25, -0.2) is 9.37 Å². The van der Waals surface area contributed by atoms with Crippen LogP contribution < -0.4 is 9.47 Å². The summed E-state index contributed by atoms with van der Waals surface area (Å²) >= 11 is 0. The molecule has 0 bridgehead atoms. The highest BCUT2D eigenvalue weighted by molar-refractivity contribution is 5.75. The first kappa shape index (κ1) is 15.8. The fourth-order valence-electron chi connectivity index (χ4n) is 3.32. The Kier molecular flexibility index (Phi) is 3.99. The second-order valence-corrected chi connectivity index (χ2v) is 6.58. The Hall–Kier alpha value is -2.69. The Morgan fingerprint density at radius 1 is 1.12 bits per heavy atom. The molecule has 0 aliphatic heterocycles. The Bertz CT molecular complexity index is 919. The summed E-state index contributed by atoms with van der Waals surface area (Å²) in [5.41, 5.74) is 2.78. The maximum Gasteiger partial charge on any atom is 0.291 e. The predicted octanol–water partition coefficient (Wildman–Crippen LogP) is 4.30. The van der Waals surface area contributed by atoms with E-state index in [0.29, 0.717) is 22.7 Å². The van der Waals surface area contributed by atoms with Gasteiger partial charge in [-0.15, -0.1) is 0 Å². The second kappa shape index (κ2) is 6.31. The predicted molar refractivity (Wildman–Crippen MR) is 93.7 cm³/mol. The molecule has 1 aromatic heterocycles. The van der Waals surface area contributed by atoms with Crippen molar-refractivity contribution >= 4 is 11.0 Å². The zero-order valence-corrected chi connectivity index (χ0v) is 14.0. The highest BCUT2D eigenvalue weighted by atomic mass is 19.1. The lowest BCUT2D eigenvalue weighted by atomic mass is 10.1. The van der Waals surface area contributed by atoms with Crippen LogP contribution in [-0.2, 0) is 0 Å². The number of ether oxygens (including phenoxy) is 1. The van der Waals surface area contributed by atoms with Crippen molar-refractivity contribution in [3.05, 3.63) is 59.1 Å². The van der Waals surface area contributed by atoms with Gasteiger partial charge in [-0.2, -0.15) is 4.73 Å². The average Bonchev–Trinajstić information content (AvgIpc) is 3.10. The van der Waals surface area contributed by atoms with Gasteiger partial charge in [0.1, 0.15) is 17.4 Å². The van der Waals surface area contributed by atoms with Crippen LogP contribution in [0.4, 0.5) is 4.39 Å². The first-order chi connectivity index (χ1) is 12.1. The number of hydrogen-bond donors (Lipinski definition) is 0. The van der Waals surface area contributed by atoms with Crippen molar-refractivity contribution < 1.29 is 13.9 Å². The van der Waals surface area contributed by atoms with Crippen molar-refractivity contribution in [3.8, 4) is 17.1 Å². The van der Waals surface area contributed by atoms with Crippen LogP contribution in [0.1, 0.15) is 31.2 Å². The lowest BCUT2D eigenvalue weighted by Gasteiger charge is -2.16. The van der Waals surface area contributed by atoms with Crippen molar-refractivity contribution in [1.29, 1.82) is 0 Å². The molecule has 1 saturated carbocycles. The van der Waals surface area contributed by atoms with E-state index in [9.17, 15) is 9.60 Å². The number of halogens is 1. The zero-order valence-electron chi connectivity index (χ0n) is 14.0. The lowest BCUT2D eigenvalue weighted by Crippen LogP contribution is -2.32. The highest BCUT2D eigenvalue weighted by Gasteiger charge is 2.26. The van der Waals surface area contributed by atoms with Crippen LogP contribution in [0.3, 0.4) is 0 Å². The maximum absolute atomic E-state index is 13.6. The normalized spacial score (nSPS) is 15.0. The van der Waals surface area contributed by atoms with Gasteiger partial charge in [-0.3, -0.25) is 0 Å². The molecule has 0 amide bonds. The molecular formula is C20H19FN2O2. The van der Waals surface area contributed by atoms with Crippen LogP contribution >= 0.6 is 0 Å². The standard InChI is InChI=1S/C20H19FN2O2/c1-13-6-8-14(9-7-13)19-20(25-16-4-2-3-5-16)22-17-11-10-15(21)12-18(17)23(19)24/h6-12,16H,2-5H2,1H3. The highest BCUT2D eigenvalue weighted by Crippen LogP contribution is 2.31. The molecule has 0 N–H and O–H groups in total. The number of aryl methyl sites for hydroxylation is 1. The SMILES string of the molecule is Cc1ccc(-c2c(OC3CCCC3)nc3ccc(F)cc3[n+]2[O-])cc1. The van der Waals surface area contributed by atoms with Crippen molar-refractivity contribution in [3.63, 3.8) is 0 Å². The minimum absolute atomic E-state index is 0.0783. The molecule has 3 aromatic rings. The third-order valence-corrected chi connectivity index (χ3v) is 4.69. The van der Waals surface area contributed by atoms with Gasteiger partial charge in [0.25, 0.3) is 11.6 Å². The van der Waals surface area contributed by atoms with Gasteiger partial charge >= 0.3 is 0 Å². The summed E-state index contributed by atoms with van der Waals surface area (Å²) in [5, 5.41) is 13.0. The number of fused-ring (bicyclic) bond motifs is 1. The molecule has 1 fully saturated rings. The van der Waals surface area contributed by atoms with E-state index in [0.717, 1.165) is 36.0 Å². The molecule has 4 rings (SSSR count). The monoisotopic (exact) mass is 338 g/mol. The maximum atomic E-state index is 13.6. The van der Waals surface area contributed by atoms with Gasteiger partial charge < -0.3 is 9.94 Å². The molecule has 128 valence electrons. The van der Waals surface area contributed by atoms with E-state index in [1.807, 2.05) is 31.2 Å². The number of hydrogen-bond acceptors (Lipinski definition) is 3. The third kappa shape index (κ3) is 3.02. The molecule has 25 heavy (non-hydrogen) atoms. The minimum Gasteiger partial charge on any atom is -0.618 e. The van der Waals surface area contributed by atoms with Gasteiger partial charge in [0.15, 0.2) is 0 Å². The Labute approximate surface area is 145 Å². The summed E-state index contributed by atoms with van der Waals surface area (Å²) in [6.45, 7) is 1.99. The van der Waals surface area contributed by atoms with Crippen molar-refractivity contribution in [2.75, 3.05) is 0 Å². The van der Waals surface area contributed by atoms with Crippen molar-refractivity contribution in [2.24, 2.45) is 0 Å². The lowest BCUT2D eigenvalue weighted by molar-refractivity contribution is -0.565. The summed E-state index contributed by atoms with van der Waals surface area (Å²) < 4.78 is 20.4. The Morgan fingerprint density at radius 2 is 1.84 bits per heavy atom. The molecule has 4 nitrogen and oxygen atoms in total. The molecule has 2 aromatic carbocycles. The fourth-order valence-corrected chi connectivity index (χ4v) is 3.32. The van der Waals surface area contributed by atoms with E-state index >= 15 is 0 Å². The van der Waals surface area contributed by atoms with Crippen LogP contribution in [0.25, 0.3) is 22.3 Å². The van der Waals surface area contributed by atoms with Gasteiger partial charge in [0, 0.05) is 6.07 Å². The molecule has 0 radical (unpaired) electrons. The summed E-state index contributed by atoms with van der Waals surface area (Å²) in [6.07, 6.45) is 4.26. The summed E-state index contributed by atoms with van der Waals surface area (Å²) in [7, 11) is 0. The molecular weight excluding hydrogens is 319 g/mol. The number of benzene rings is 2. The summed E-state index contributed by atoms with van der Waals surface area (Å²) in [5.74, 6) is -0.136.